The number of amides is 1. The van der Waals surface area contributed by atoms with Gasteiger partial charge in [-0.15, -0.1) is 0 Å². The number of rotatable bonds is 4. The van der Waals surface area contributed by atoms with Crippen LogP contribution in [0.4, 0.5) is 0 Å². The lowest BCUT2D eigenvalue weighted by molar-refractivity contribution is 0.0628. The first kappa shape index (κ1) is 15.4. The number of hydrogen-bond donors (Lipinski definition) is 2. The summed E-state index contributed by atoms with van der Waals surface area (Å²) in [5.41, 5.74) is 3.13. The van der Waals surface area contributed by atoms with Gasteiger partial charge in [0, 0.05) is 25.6 Å². The van der Waals surface area contributed by atoms with Crippen molar-refractivity contribution in [3.63, 3.8) is 0 Å². The van der Waals surface area contributed by atoms with Crippen LogP contribution in [0.5, 0.6) is 0 Å². The predicted octanol–water partition coefficient (Wildman–Crippen LogP) is 2.64. The highest BCUT2D eigenvalue weighted by atomic mass is 16.2. The fourth-order valence-electron chi connectivity index (χ4n) is 3.38. The normalized spacial score (nSPS) is 21.0. The SMILES string of the molecule is CCc1ccc(C2CNCCN2C(=O)c2cnc(C3CC3)[nH]2)cc1. The molecule has 2 aromatic rings. The summed E-state index contributed by atoms with van der Waals surface area (Å²) >= 11 is 0. The Morgan fingerprint density at radius 1 is 1.29 bits per heavy atom. The Labute approximate surface area is 142 Å². The second-order valence-corrected chi connectivity index (χ2v) is 6.77. The minimum absolute atomic E-state index is 0.0560. The van der Waals surface area contributed by atoms with E-state index in [9.17, 15) is 4.79 Å². The summed E-state index contributed by atoms with van der Waals surface area (Å²) in [5.74, 6) is 1.56. The van der Waals surface area contributed by atoms with E-state index in [0.29, 0.717) is 11.6 Å². The first-order valence-electron chi connectivity index (χ1n) is 8.91. The van der Waals surface area contributed by atoms with Crippen molar-refractivity contribution in [3.8, 4) is 0 Å². The fraction of sp³-hybridized carbons (Fsp3) is 0.474. The van der Waals surface area contributed by atoms with Gasteiger partial charge in [-0.3, -0.25) is 4.79 Å². The van der Waals surface area contributed by atoms with E-state index >= 15 is 0 Å². The molecule has 1 aliphatic carbocycles. The summed E-state index contributed by atoms with van der Waals surface area (Å²) in [4.78, 5) is 22.6. The maximum Gasteiger partial charge on any atom is 0.272 e. The van der Waals surface area contributed by atoms with Gasteiger partial charge >= 0.3 is 0 Å². The second kappa shape index (κ2) is 6.40. The van der Waals surface area contributed by atoms with Crippen molar-refractivity contribution in [2.45, 2.75) is 38.1 Å². The molecule has 4 rings (SSSR count). The van der Waals surface area contributed by atoms with Crippen LogP contribution >= 0.6 is 0 Å². The van der Waals surface area contributed by atoms with Gasteiger partial charge in [0.15, 0.2) is 0 Å². The Kier molecular flexibility index (Phi) is 4.10. The van der Waals surface area contributed by atoms with Crippen LogP contribution in [0.2, 0.25) is 0 Å². The Hall–Kier alpha value is -2.14. The Morgan fingerprint density at radius 3 is 2.79 bits per heavy atom. The number of aromatic nitrogens is 2. The monoisotopic (exact) mass is 324 g/mol. The molecule has 24 heavy (non-hydrogen) atoms. The highest BCUT2D eigenvalue weighted by Gasteiger charge is 2.31. The van der Waals surface area contributed by atoms with Gasteiger partial charge < -0.3 is 15.2 Å². The maximum absolute atomic E-state index is 13.0. The van der Waals surface area contributed by atoms with E-state index < -0.39 is 0 Å². The molecule has 5 heteroatoms. The van der Waals surface area contributed by atoms with Crippen LogP contribution in [-0.4, -0.2) is 40.4 Å². The van der Waals surface area contributed by atoms with E-state index in [1.54, 1.807) is 6.20 Å². The second-order valence-electron chi connectivity index (χ2n) is 6.77. The number of H-pyrrole nitrogens is 1. The summed E-state index contributed by atoms with van der Waals surface area (Å²) in [6, 6.07) is 8.70. The molecule has 1 aromatic heterocycles. The molecule has 0 bridgehead atoms. The molecule has 5 nitrogen and oxygen atoms in total. The molecule has 126 valence electrons. The third-order valence-corrected chi connectivity index (χ3v) is 5.07. The molecular formula is C19H24N4O. The topological polar surface area (TPSA) is 61.0 Å². The van der Waals surface area contributed by atoms with Gasteiger partial charge in [0.25, 0.3) is 5.91 Å². The molecule has 1 amide bonds. The highest BCUT2D eigenvalue weighted by molar-refractivity contribution is 5.92. The zero-order chi connectivity index (χ0) is 16.5. The van der Waals surface area contributed by atoms with E-state index in [0.717, 1.165) is 31.9 Å². The molecular weight excluding hydrogens is 300 g/mol. The van der Waals surface area contributed by atoms with Crippen molar-refractivity contribution in [3.05, 3.63) is 53.1 Å². The van der Waals surface area contributed by atoms with Gasteiger partial charge in [0.2, 0.25) is 0 Å². The van der Waals surface area contributed by atoms with Gasteiger partial charge in [0.05, 0.1) is 12.2 Å². The van der Waals surface area contributed by atoms with Crippen LogP contribution in [0.3, 0.4) is 0 Å². The first-order chi connectivity index (χ1) is 11.8. The molecule has 0 spiro atoms. The summed E-state index contributed by atoms with van der Waals surface area (Å²) in [6.07, 6.45) is 5.10. The molecule has 0 radical (unpaired) electrons. The number of nitrogens with one attached hydrogen (secondary N) is 2. The number of carbonyl (C=O) groups excluding carboxylic acids is 1. The number of imidazole rings is 1. The Bertz CT molecular complexity index is 717. The van der Waals surface area contributed by atoms with Crippen molar-refractivity contribution < 1.29 is 4.79 Å². The number of aryl methyl sites for hydroxylation is 1. The molecule has 1 unspecified atom stereocenters. The van der Waals surface area contributed by atoms with Crippen molar-refractivity contribution in [2.24, 2.45) is 0 Å². The first-order valence-corrected chi connectivity index (χ1v) is 8.91. The third-order valence-electron chi connectivity index (χ3n) is 5.07. The molecule has 2 heterocycles. The zero-order valence-corrected chi connectivity index (χ0v) is 14.1. The molecule has 1 aliphatic heterocycles. The van der Waals surface area contributed by atoms with E-state index in [-0.39, 0.29) is 11.9 Å². The van der Waals surface area contributed by atoms with Crippen LogP contribution < -0.4 is 5.32 Å². The van der Waals surface area contributed by atoms with E-state index in [1.165, 1.54) is 24.0 Å². The summed E-state index contributed by atoms with van der Waals surface area (Å²) in [6.45, 7) is 4.50. The van der Waals surface area contributed by atoms with E-state index in [1.807, 2.05) is 4.90 Å². The van der Waals surface area contributed by atoms with Crippen molar-refractivity contribution in [1.29, 1.82) is 0 Å². The standard InChI is InChI=1S/C19H24N4O/c1-2-13-3-5-14(6-4-13)17-12-20-9-10-23(17)19(24)16-11-21-18(22-16)15-7-8-15/h3-6,11,15,17,20H,2,7-10,12H2,1H3,(H,21,22). The van der Waals surface area contributed by atoms with Crippen LogP contribution in [0.15, 0.2) is 30.5 Å². The van der Waals surface area contributed by atoms with Crippen LogP contribution in [0.1, 0.15) is 59.2 Å². The quantitative estimate of drug-likeness (QED) is 0.909. The predicted molar refractivity (Wildman–Crippen MR) is 93.0 cm³/mol. The van der Waals surface area contributed by atoms with Gasteiger partial charge in [-0.1, -0.05) is 31.2 Å². The van der Waals surface area contributed by atoms with Crippen LogP contribution in [0.25, 0.3) is 0 Å². The molecule has 1 saturated heterocycles. The number of carbonyl (C=O) groups is 1. The molecule has 2 fully saturated rings. The third kappa shape index (κ3) is 2.96. The van der Waals surface area contributed by atoms with Gasteiger partial charge in [-0.25, -0.2) is 4.98 Å². The van der Waals surface area contributed by atoms with E-state index in [4.69, 9.17) is 0 Å². The van der Waals surface area contributed by atoms with Crippen molar-refractivity contribution in [2.75, 3.05) is 19.6 Å². The largest absolute Gasteiger partial charge is 0.338 e. The number of piperazine rings is 1. The van der Waals surface area contributed by atoms with Crippen molar-refractivity contribution >= 4 is 5.91 Å². The minimum atomic E-state index is 0.0560. The lowest BCUT2D eigenvalue weighted by Gasteiger charge is -2.36. The Balaban J connectivity index is 1.56. The van der Waals surface area contributed by atoms with Crippen LogP contribution in [0, 0.1) is 0 Å². The number of hydrogen-bond acceptors (Lipinski definition) is 3. The molecule has 1 aromatic carbocycles. The van der Waals surface area contributed by atoms with E-state index in [2.05, 4.69) is 46.5 Å². The van der Waals surface area contributed by atoms with Gasteiger partial charge in [-0.05, 0) is 30.4 Å². The average Bonchev–Trinajstić information content (AvgIpc) is 3.38. The van der Waals surface area contributed by atoms with Crippen LogP contribution in [-0.2, 0) is 6.42 Å². The zero-order valence-electron chi connectivity index (χ0n) is 14.1. The average molecular weight is 324 g/mol. The summed E-state index contributed by atoms with van der Waals surface area (Å²) in [5, 5.41) is 3.41. The molecule has 1 atom stereocenters. The number of nitrogens with zero attached hydrogens (tertiary/aromatic N) is 2. The Morgan fingerprint density at radius 2 is 2.08 bits per heavy atom. The van der Waals surface area contributed by atoms with Crippen molar-refractivity contribution in [1.82, 2.24) is 20.2 Å². The minimum Gasteiger partial charge on any atom is -0.338 e. The molecule has 1 saturated carbocycles. The smallest absolute Gasteiger partial charge is 0.272 e. The number of benzene rings is 1. The molecule has 2 aliphatic rings. The number of aromatic amines is 1. The lowest BCUT2D eigenvalue weighted by Crippen LogP contribution is -2.48. The summed E-state index contributed by atoms with van der Waals surface area (Å²) < 4.78 is 0. The summed E-state index contributed by atoms with van der Waals surface area (Å²) in [7, 11) is 0. The lowest BCUT2D eigenvalue weighted by atomic mass is 10.0. The molecule has 2 N–H and O–H groups in total. The van der Waals surface area contributed by atoms with Gasteiger partial charge in [-0.2, -0.15) is 0 Å². The maximum atomic E-state index is 13.0. The fourth-order valence-corrected chi connectivity index (χ4v) is 3.38. The van der Waals surface area contributed by atoms with Gasteiger partial charge in [0.1, 0.15) is 11.5 Å². The highest BCUT2D eigenvalue weighted by Crippen LogP contribution is 2.38.